The van der Waals surface area contributed by atoms with Gasteiger partial charge in [-0.05, 0) is 17.7 Å². The van der Waals surface area contributed by atoms with Gasteiger partial charge in [0.1, 0.15) is 12.4 Å². The number of carbonyl (C=O) groups excluding carboxylic acids is 1. The van der Waals surface area contributed by atoms with E-state index in [1.807, 2.05) is 0 Å². The third kappa shape index (κ3) is 3.54. The minimum absolute atomic E-state index is 0.114. The Kier molecular flexibility index (Phi) is 3.79. The largest absolute Gasteiger partial charge is 0.396 e. The van der Waals surface area contributed by atoms with Crippen LogP contribution >= 0.6 is 0 Å². The molecule has 1 heterocycles. The molecule has 19 heavy (non-hydrogen) atoms. The van der Waals surface area contributed by atoms with Crippen LogP contribution < -0.4 is 5.73 Å². The van der Waals surface area contributed by atoms with E-state index in [0.29, 0.717) is 12.2 Å². The highest BCUT2D eigenvalue weighted by molar-refractivity contribution is 5.75. The lowest BCUT2D eigenvalue weighted by Gasteiger charge is -2.17. The van der Waals surface area contributed by atoms with E-state index in [9.17, 15) is 9.18 Å². The van der Waals surface area contributed by atoms with Crippen LogP contribution in [0.5, 0.6) is 0 Å². The summed E-state index contributed by atoms with van der Waals surface area (Å²) in [4.78, 5) is 13.5. The first-order valence-corrected chi connectivity index (χ1v) is 5.81. The number of benzene rings is 1. The molecule has 6 heteroatoms. The number of halogens is 1. The van der Waals surface area contributed by atoms with Crippen LogP contribution in [0.15, 0.2) is 36.7 Å². The molecule has 2 aromatic rings. The van der Waals surface area contributed by atoms with Crippen molar-refractivity contribution in [2.45, 2.75) is 13.1 Å². The second-order valence-electron chi connectivity index (χ2n) is 4.35. The van der Waals surface area contributed by atoms with Crippen LogP contribution in [-0.2, 0) is 17.9 Å². The normalized spacial score (nSPS) is 10.4. The first-order chi connectivity index (χ1) is 9.04. The van der Waals surface area contributed by atoms with Crippen LogP contribution in [0, 0.1) is 5.82 Å². The monoisotopic (exact) mass is 262 g/mol. The van der Waals surface area contributed by atoms with Gasteiger partial charge in [-0.3, -0.25) is 9.48 Å². The number of nitrogens with zero attached hydrogens (tertiary/aromatic N) is 3. The second kappa shape index (κ2) is 5.51. The van der Waals surface area contributed by atoms with Gasteiger partial charge in [0.05, 0.1) is 11.9 Å². The summed E-state index contributed by atoms with van der Waals surface area (Å²) in [6.07, 6.45) is 3.08. The van der Waals surface area contributed by atoms with Crippen molar-refractivity contribution in [3.8, 4) is 0 Å². The summed E-state index contributed by atoms with van der Waals surface area (Å²) >= 11 is 0. The SMILES string of the molecule is CN(Cc1cccc(F)c1)C(=O)Cn1cc(N)cn1. The number of nitrogens with two attached hydrogens (primary N) is 1. The lowest BCUT2D eigenvalue weighted by molar-refractivity contribution is -0.131. The predicted molar refractivity (Wildman–Crippen MR) is 69.5 cm³/mol. The first-order valence-electron chi connectivity index (χ1n) is 5.81. The molecule has 0 fully saturated rings. The molecular formula is C13H15FN4O. The highest BCUT2D eigenvalue weighted by Crippen LogP contribution is 2.07. The molecule has 1 amide bonds. The topological polar surface area (TPSA) is 64.2 Å². The summed E-state index contributed by atoms with van der Waals surface area (Å²) in [5, 5.41) is 3.94. The van der Waals surface area contributed by atoms with Gasteiger partial charge in [0.25, 0.3) is 0 Å². The molecule has 0 saturated carbocycles. The summed E-state index contributed by atoms with van der Waals surface area (Å²) in [6.45, 7) is 0.469. The molecule has 0 saturated heterocycles. The lowest BCUT2D eigenvalue weighted by atomic mass is 10.2. The van der Waals surface area contributed by atoms with Gasteiger partial charge < -0.3 is 10.6 Å². The zero-order chi connectivity index (χ0) is 13.8. The maximum absolute atomic E-state index is 13.0. The highest BCUT2D eigenvalue weighted by Gasteiger charge is 2.11. The van der Waals surface area contributed by atoms with E-state index in [1.165, 1.54) is 27.9 Å². The smallest absolute Gasteiger partial charge is 0.244 e. The Labute approximate surface area is 110 Å². The predicted octanol–water partition coefficient (Wildman–Crippen LogP) is 1.26. The van der Waals surface area contributed by atoms with Gasteiger partial charge in [0.2, 0.25) is 5.91 Å². The molecule has 0 aliphatic heterocycles. The Morgan fingerprint density at radius 2 is 2.32 bits per heavy atom. The molecule has 0 spiro atoms. The number of hydrogen-bond donors (Lipinski definition) is 1. The number of nitrogen functional groups attached to an aromatic ring is 1. The standard InChI is InChI=1S/C13H15FN4O/c1-17(7-10-3-2-4-11(14)5-10)13(19)9-18-8-12(15)6-16-18/h2-6,8H,7,9,15H2,1H3. The van der Waals surface area contributed by atoms with E-state index in [4.69, 9.17) is 5.73 Å². The van der Waals surface area contributed by atoms with Crippen molar-refractivity contribution in [2.24, 2.45) is 0 Å². The minimum atomic E-state index is -0.307. The second-order valence-corrected chi connectivity index (χ2v) is 4.35. The van der Waals surface area contributed by atoms with Crippen molar-refractivity contribution >= 4 is 11.6 Å². The Hall–Kier alpha value is -2.37. The maximum atomic E-state index is 13.0. The molecule has 1 aromatic heterocycles. The average molecular weight is 262 g/mol. The van der Waals surface area contributed by atoms with Gasteiger partial charge in [-0.15, -0.1) is 0 Å². The number of carbonyl (C=O) groups is 1. The fraction of sp³-hybridized carbons (Fsp3) is 0.231. The quantitative estimate of drug-likeness (QED) is 0.902. The summed E-state index contributed by atoms with van der Waals surface area (Å²) in [7, 11) is 1.67. The maximum Gasteiger partial charge on any atom is 0.244 e. The highest BCUT2D eigenvalue weighted by atomic mass is 19.1. The van der Waals surface area contributed by atoms with Gasteiger partial charge in [-0.25, -0.2) is 4.39 Å². The summed E-state index contributed by atoms with van der Waals surface area (Å²) in [6, 6.07) is 6.18. The van der Waals surface area contributed by atoms with Crippen molar-refractivity contribution in [1.29, 1.82) is 0 Å². The minimum Gasteiger partial charge on any atom is -0.396 e. The van der Waals surface area contributed by atoms with Crippen LogP contribution in [0.4, 0.5) is 10.1 Å². The number of rotatable bonds is 4. The van der Waals surface area contributed by atoms with Gasteiger partial charge in [-0.2, -0.15) is 5.10 Å². The van der Waals surface area contributed by atoms with E-state index < -0.39 is 0 Å². The van der Waals surface area contributed by atoms with Crippen LogP contribution in [0.2, 0.25) is 0 Å². The zero-order valence-electron chi connectivity index (χ0n) is 10.6. The van der Waals surface area contributed by atoms with E-state index in [-0.39, 0.29) is 18.3 Å². The molecule has 0 aliphatic carbocycles. The number of anilines is 1. The van der Waals surface area contributed by atoms with E-state index in [1.54, 1.807) is 25.4 Å². The summed E-state index contributed by atoms with van der Waals surface area (Å²) in [5.74, 6) is -0.425. The van der Waals surface area contributed by atoms with Crippen molar-refractivity contribution in [1.82, 2.24) is 14.7 Å². The zero-order valence-corrected chi connectivity index (χ0v) is 10.6. The van der Waals surface area contributed by atoms with E-state index in [2.05, 4.69) is 5.10 Å². The Bertz CT molecular complexity index is 582. The van der Waals surface area contributed by atoms with Gasteiger partial charge >= 0.3 is 0 Å². The van der Waals surface area contributed by atoms with E-state index in [0.717, 1.165) is 5.56 Å². The summed E-state index contributed by atoms with van der Waals surface area (Å²) in [5.41, 5.74) is 6.78. The number of amides is 1. The summed E-state index contributed by atoms with van der Waals surface area (Å²) < 4.78 is 14.5. The molecule has 5 nitrogen and oxygen atoms in total. The Morgan fingerprint density at radius 1 is 1.53 bits per heavy atom. The molecule has 0 unspecified atom stereocenters. The molecule has 0 atom stereocenters. The molecule has 1 aromatic carbocycles. The third-order valence-electron chi connectivity index (χ3n) is 2.69. The van der Waals surface area contributed by atoms with Crippen molar-refractivity contribution in [3.05, 3.63) is 48.0 Å². The molecule has 100 valence electrons. The van der Waals surface area contributed by atoms with Crippen molar-refractivity contribution < 1.29 is 9.18 Å². The molecule has 0 bridgehead atoms. The van der Waals surface area contributed by atoms with Crippen LogP contribution in [0.3, 0.4) is 0 Å². The lowest BCUT2D eigenvalue weighted by Crippen LogP contribution is -2.29. The van der Waals surface area contributed by atoms with Gasteiger partial charge in [0.15, 0.2) is 0 Å². The van der Waals surface area contributed by atoms with Crippen LogP contribution in [-0.4, -0.2) is 27.6 Å². The number of hydrogen-bond acceptors (Lipinski definition) is 3. The molecular weight excluding hydrogens is 247 g/mol. The van der Waals surface area contributed by atoms with Gasteiger partial charge in [0, 0.05) is 19.8 Å². The fourth-order valence-electron chi connectivity index (χ4n) is 1.72. The third-order valence-corrected chi connectivity index (χ3v) is 2.69. The molecule has 2 rings (SSSR count). The Morgan fingerprint density at radius 3 is 2.95 bits per heavy atom. The number of likely N-dealkylation sites (N-methyl/N-ethyl adjacent to an activating group) is 1. The Balaban J connectivity index is 1.96. The molecule has 0 radical (unpaired) electrons. The van der Waals surface area contributed by atoms with E-state index >= 15 is 0 Å². The number of aromatic nitrogens is 2. The van der Waals surface area contributed by atoms with Crippen molar-refractivity contribution in [3.63, 3.8) is 0 Å². The van der Waals surface area contributed by atoms with Crippen LogP contribution in [0.1, 0.15) is 5.56 Å². The first kappa shape index (κ1) is 13.1. The fourth-order valence-corrected chi connectivity index (χ4v) is 1.72. The van der Waals surface area contributed by atoms with Crippen molar-refractivity contribution in [2.75, 3.05) is 12.8 Å². The van der Waals surface area contributed by atoms with Crippen LogP contribution in [0.25, 0.3) is 0 Å². The van der Waals surface area contributed by atoms with Gasteiger partial charge in [-0.1, -0.05) is 12.1 Å². The average Bonchev–Trinajstić information content (AvgIpc) is 2.74. The molecule has 0 aliphatic rings. The molecule has 2 N–H and O–H groups in total.